The van der Waals surface area contributed by atoms with Crippen LogP contribution in [0.2, 0.25) is 0 Å². The fourth-order valence-corrected chi connectivity index (χ4v) is 4.79. The minimum Gasteiger partial charge on any atom is -0.464 e. The maximum absolute atomic E-state index is 13.5. The van der Waals surface area contributed by atoms with Gasteiger partial charge in [0.25, 0.3) is 0 Å². The van der Waals surface area contributed by atoms with Gasteiger partial charge >= 0.3 is 18.0 Å². The summed E-state index contributed by atoms with van der Waals surface area (Å²) in [5.74, 6) is -2.54. The number of benzene rings is 2. The molecule has 0 bridgehead atoms. The normalized spacial score (nSPS) is 13.2. The molecule has 0 heterocycles. The first-order valence-electron chi connectivity index (χ1n) is 12.8. The highest BCUT2D eigenvalue weighted by molar-refractivity contribution is 6.08. The van der Waals surface area contributed by atoms with Gasteiger partial charge in [-0.3, -0.25) is 5.32 Å². The Morgan fingerprint density at radius 1 is 0.892 bits per heavy atom. The summed E-state index contributed by atoms with van der Waals surface area (Å²) >= 11 is 0. The van der Waals surface area contributed by atoms with Gasteiger partial charge in [-0.1, -0.05) is 52.0 Å². The number of amides is 1. The van der Waals surface area contributed by atoms with Crippen LogP contribution >= 0.6 is 0 Å². The van der Waals surface area contributed by atoms with Gasteiger partial charge in [-0.15, -0.1) is 0 Å². The minimum atomic E-state index is -2.13. The lowest BCUT2D eigenvalue weighted by molar-refractivity contribution is -0.167. The van der Waals surface area contributed by atoms with Gasteiger partial charge in [-0.2, -0.15) is 0 Å². The number of nitrogen functional groups attached to an aromatic ring is 1. The van der Waals surface area contributed by atoms with E-state index in [0.717, 1.165) is 22.3 Å². The number of anilines is 1. The third-order valence-electron chi connectivity index (χ3n) is 6.39. The first kappa shape index (κ1) is 28.0. The van der Waals surface area contributed by atoms with Crippen LogP contribution in [0.5, 0.6) is 0 Å². The second-order valence-corrected chi connectivity index (χ2v) is 10.5. The lowest BCUT2D eigenvalue weighted by Gasteiger charge is -2.36. The molecule has 200 valence electrons. The second-order valence-electron chi connectivity index (χ2n) is 10.5. The number of carbonyl (C=O) groups excluding carboxylic acids is 3. The zero-order valence-corrected chi connectivity index (χ0v) is 22.6. The highest BCUT2D eigenvalue weighted by atomic mass is 16.6. The molecule has 0 aromatic heterocycles. The van der Waals surface area contributed by atoms with E-state index in [2.05, 4.69) is 5.32 Å². The number of nitrogens with one attached hydrogen (secondary N) is 1. The summed E-state index contributed by atoms with van der Waals surface area (Å²) in [5, 5.41) is 2.59. The molecular weight excluding hydrogens is 472 g/mol. The number of rotatable bonds is 9. The lowest BCUT2D eigenvalue weighted by atomic mass is 9.76. The Bertz CT molecular complexity index is 1150. The first-order valence-corrected chi connectivity index (χ1v) is 12.8. The molecule has 0 fully saturated rings. The van der Waals surface area contributed by atoms with Crippen molar-refractivity contribution in [1.82, 2.24) is 5.32 Å². The molecule has 2 aromatic rings. The molecule has 37 heavy (non-hydrogen) atoms. The molecule has 0 aliphatic heterocycles. The molecule has 8 heteroatoms. The molecule has 1 aliphatic carbocycles. The van der Waals surface area contributed by atoms with E-state index < -0.39 is 29.5 Å². The monoisotopic (exact) mass is 510 g/mol. The first-order chi connectivity index (χ1) is 17.5. The summed E-state index contributed by atoms with van der Waals surface area (Å²) in [6.45, 7) is 11.0. The fourth-order valence-electron chi connectivity index (χ4n) is 4.79. The van der Waals surface area contributed by atoms with Crippen molar-refractivity contribution in [2.75, 3.05) is 25.6 Å². The highest BCUT2D eigenvalue weighted by Crippen LogP contribution is 2.41. The summed E-state index contributed by atoms with van der Waals surface area (Å²) in [6, 6.07) is 11.7. The number of carbonyl (C=O) groups is 3. The van der Waals surface area contributed by atoms with Crippen LogP contribution in [0.25, 0.3) is 11.1 Å². The Hall–Kier alpha value is -3.55. The number of hydrogen-bond donors (Lipinski definition) is 2. The number of alkyl carbamates (subject to hydrolysis) is 1. The summed E-state index contributed by atoms with van der Waals surface area (Å²) in [4.78, 5) is 40.1. The van der Waals surface area contributed by atoms with Gasteiger partial charge in [-0.05, 0) is 72.1 Å². The summed E-state index contributed by atoms with van der Waals surface area (Å²) in [6.07, 6.45) is 0.126. The van der Waals surface area contributed by atoms with Crippen molar-refractivity contribution in [1.29, 1.82) is 0 Å². The van der Waals surface area contributed by atoms with Crippen LogP contribution in [0.15, 0.2) is 36.4 Å². The Kier molecular flexibility index (Phi) is 8.51. The van der Waals surface area contributed by atoms with E-state index in [9.17, 15) is 14.4 Å². The SMILES string of the molecule is CCOC(=O)C(NC(=O)OCC(C)(C)C)(C(=O)OCC)C(CC)c1ccc2c(c1)Cc1cc(N)ccc1-2. The van der Waals surface area contributed by atoms with Crippen molar-refractivity contribution in [3.8, 4) is 11.1 Å². The minimum absolute atomic E-state index is 0.0239. The maximum atomic E-state index is 13.5. The number of ether oxygens (including phenoxy) is 3. The van der Waals surface area contributed by atoms with E-state index in [1.54, 1.807) is 13.8 Å². The molecule has 1 atom stereocenters. The third kappa shape index (κ3) is 5.89. The van der Waals surface area contributed by atoms with Gasteiger partial charge in [0.2, 0.25) is 5.54 Å². The Balaban J connectivity index is 2.09. The van der Waals surface area contributed by atoms with E-state index in [1.807, 2.05) is 64.1 Å². The molecule has 0 radical (unpaired) electrons. The summed E-state index contributed by atoms with van der Waals surface area (Å²) < 4.78 is 16.1. The molecule has 1 unspecified atom stereocenters. The predicted molar refractivity (Wildman–Crippen MR) is 142 cm³/mol. The van der Waals surface area contributed by atoms with Crippen LogP contribution in [0.4, 0.5) is 10.5 Å². The van der Waals surface area contributed by atoms with Gasteiger partial charge in [-0.25, -0.2) is 14.4 Å². The van der Waals surface area contributed by atoms with Crippen molar-refractivity contribution in [2.45, 2.75) is 65.8 Å². The molecule has 0 spiro atoms. The molecule has 1 amide bonds. The molecule has 3 N–H and O–H groups in total. The Morgan fingerprint density at radius 3 is 2.00 bits per heavy atom. The number of hydrogen-bond acceptors (Lipinski definition) is 7. The fraction of sp³-hybridized carbons (Fsp3) is 0.483. The van der Waals surface area contributed by atoms with E-state index in [4.69, 9.17) is 19.9 Å². The van der Waals surface area contributed by atoms with E-state index in [1.165, 1.54) is 0 Å². The van der Waals surface area contributed by atoms with Crippen molar-refractivity contribution >= 4 is 23.7 Å². The standard InChI is InChI=1S/C29H38N2O6/c1-7-24(18-10-12-22-19(14-18)15-20-16-21(30)11-13-23(20)22)29(25(32)35-8-2,26(33)36-9-3)31-27(34)37-17-28(4,5)6/h10-14,16,24H,7-9,15,17,30H2,1-6H3,(H,31,34). The second kappa shape index (κ2) is 11.2. The highest BCUT2D eigenvalue weighted by Gasteiger charge is 2.57. The lowest BCUT2D eigenvalue weighted by Crippen LogP contribution is -2.65. The van der Waals surface area contributed by atoms with Gasteiger partial charge in [0.05, 0.1) is 19.8 Å². The van der Waals surface area contributed by atoms with Gasteiger partial charge in [0, 0.05) is 11.6 Å². The van der Waals surface area contributed by atoms with Gasteiger partial charge in [0.1, 0.15) is 0 Å². The van der Waals surface area contributed by atoms with Crippen molar-refractivity contribution in [3.63, 3.8) is 0 Å². The molecule has 1 aliphatic rings. The molecule has 0 saturated heterocycles. The Labute approximate surface area is 218 Å². The van der Waals surface area contributed by atoms with Crippen LogP contribution in [0.3, 0.4) is 0 Å². The topological polar surface area (TPSA) is 117 Å². The summed E-state index contributed by atoms with van der Waals surface area (Å²) in [7, 11) is 0. The van der Waals surface area contributed by atoms with Crippen LogP contribution in [-0.2, 0) is 30.2 Å². The largest absolute Gasteiger partial charge is 0.464 e. The van der Waals surface area contributed by atoms with Crippen molar-refractivity contribution in [3.05, 3.63) is 53.1 Å². The molecule has 8 nitrogen and oxygen atoms in total. The molecule has 2 aromatic carbocycles. The van der Waals surface area contributed by atoms with Crippen LogP contribution in [0.1, 0.15) is 70.6 Å². The van der Waals surface area contributed by atoms with E-state index >= 15 is 0 Å². The summed E-state index contributed by atoms with van der Waals surface area (Å²) in [5.41, 5.74) is 9.30. The molecule has 0 saturated carbocycles. The maximum Gasteiger partial charge on any atom is 0.408 e. The quantitative estimate of drug-likeness (QED) is 0.181. The average Bonchev–Trinajstić information content (AvgIpc) is 3.19. The van der Waals surface area contributed by atoms with Gasteiger partial charge in [0.15, 0.2) is 0 Å². The van der Waals surface area contributed by atoms with Crippen molar-refractivity contribution in [2.24, 2.45) is 5.41 Å². The van der Waals surface area contributed by atoms with E-state index in [-0.39, 0.29) is 25.2 Å². The van der Waals surface area contributed by atoms with Crippen LogP contribution < -0.4 is 11.1 Å². The zero-order chi connectivity index (χ0) is 27.4. The molecule has 3 rings (SSSR count). The van der Waals surface area contributed by atoms with Crippen LogP contribution in [-0.4, -0.2) is 43.4 Å². The van der Waals surface area contributed by atoms with Crippen LogP contribution in [0, 0.1) is 5.41 Å². The van der Waals surface area contributed by atoms with E-state index in [0.29, 0.717) is 24.1 Å². The number of esters is 2. The zero-order valence-electron chi connectivity index (χ0n) is 22.6. The number of nitrogens with two attached hydrogens (primary N) is 1. The van der Waals surface area contributed by atoms with Crippen molar-refractivity contribution < 1.29 is 28.6 Å². The average molecular weight is 511 g/mol. The molecular formula is C29H38N2O6. The smallest absolute Gasteiger partial charge is 0.408 e. The Morgan fingerprint density at radius 2 is 1.46 bits per heavy atom. The predicted octanol–water partition coefficient (Wildman–Crippen LogP) is 4.97. The van der Waals surface area contributed by atoms with Gasteiger partial charge < -0.3 is 19.9 Å². The third-order valence-corrected chi connectivity index (χ3v) is 6.39. The number of fused-ring (bicyclic) bond motifs is 3.